The molecule has 2 aromatic heterocycles. The van der Waals surface area contributed by atoms with Crippen molar-refractivity contribution in [2.24, 2.45) is 0 Å². The minimum absolute atomic E-state index is 0.653. The van der Waals surface area contributed by atoms with Gasteiger partial charge in [0.1, 0.15) is 0 Å². The Hall–Kier alpha value is -4.43. The normalized spacial score (nSPS) is 10.6. The average Bonchev–Trinajstić information content (AvgIpc) is 3.24. The number of nitriles is 1. The Bertz CT molecular complexity index is 1350. The van der Waals surface area contributed by atoms with Gasteiger partial charge in [0.2, 0.25) is 0 Å². The predicted molar refractivity (Wildman–Crippen MR) is 119 cm³/mol. The summed E-state index contributed by atoms with van der Waals surface area (Å²) in [5.41, 5.74) is 7.64. The van der Waals surface area contributed by atoms with Gasteiger partial charge in [0, 0.05) is 45.9 Å². The maximum absolute atomic E-state index is 9.07. The fourth-order valence-electron chi connectivity index (χ4n) is 3.42. The number of nitrogens with one attached hydrogen (secondary N) is 2. The largest absolute Gasteiger partial charge is 0.356 e. The Morgan fingerprint density at radius 2 is 1.53 bits per heavy atom. The highest BCUT2D eigenvalue weighted by atomic mass is 14.9. The van der Waals surface area contributed by atoms with Crippen LogP contribution in [0.3, 0.4) is 0 Å². The van der Waals surface area contributed by atoms with E-state index in [0.29, 0.717) is 5.56 Å². The molecule has 0 saturated heterocycles. The molecular weight excluding hydrogens is 370 g/mol. The van der Waals surface area contributed by atoms with Crippen LogP contribution < -0.4 is 5.32 Å². The van der Waals surface area contributed by atoms with Gasteiger partial charge in [-0.25, -0.2) is 0 Å². The highest BCUT2D eigenvalue weighted by Gasteiger charge is 2.05. The summed E-state index contributed by atoms with van der Waals surface area (Å²) in [5, 5.41) is 13.6. The molecule has 0 atom stereocenters. The van der Waals surface area contributed by atoms with Gasteiger partial charge in [-0.1, -0.05) is 30.3 Å². The van der Waals surface area contributed by atoms with Gasteiger partial charge in [-0.05, 0) is 48.0 Å². The molecule has 5 heteroatoms. The minimum atomic E-state index is 0.653. The smallest absolute Gasteiger partial charge is 0.0992 e. The summed E-state index contributed by atoms with van der Waals surface area (Å²) in [5.74, 6) is 0. The Balaban J connectivity index is 1.33. The minimum Gasteiger partial charge on any atom is -0.356 e. The van der Waals surface area contributed by atoms with Crippen LogP contribution >= 0.6 is 0 Å². The number of nitrogens with zero attached hydrogens (tertiary/aromatic N) is 3. The van der Waals surface area contributed by atoms with Crippen LogP contribution in [0.1, 0.15) is 5.56 Å². The molecule has 2 heterocycles. The lowest BCUT2D eigenvalue weighted by atomic mass is 10.1. The van der Waals surface area contributed by atoms with Gasteiger partial charge in [-0.3, -0.25) is 9.97 Å². The van der Waals surface area contributed by atoms with Gasteiger partial charge in [-0.2, -0.15) is 5.26 Å². The first-order valence-corrected chi connectivity index (χ1v) is 9.55. The monoisotopic (exact) mass is 387 g/mol. The number of fused-ring (bicyclic) bond motifs is 1. The van der Waals surface area contributed by atoms with E-state index in [1.165, 1.54) is 0 Å². The third-order valence-electron chi connectivity index (χ3n) is 4.98. The first-order valence-electron chi connectivity index (χ1n) is 9.55. The Morgan fingerprint density at radius 1 is 0.800 bits per heavy atom. The molecule has 5 nitrogen and oxygen atoms in total. The molecule has 30 heavy (non-hydrogen) atoms. The average molecular weight is 387 g/mol. The quantitative estimate of drug-likeness (QED) is 0.402. The van der Waals surface area contributed by atoms with Crippen LogP contribution in [-0.4, -0.2) is 15.0 Å². The third kappa shape index (κ3) is 3.50. The van der Waals surface area contributed by atoms with Crippen LogP contribution in [0, 0.1) is 11.3 Å². The van der Waals surface area contributed by atoms with Crippen molar-refractivity contribution in [1.29, 1.82) is 5.26 Å². The van der Waals surface area contributed by atoms with Crippen molar-refractivity contribution in [3.8, 4) is 28.6 Å². The maximum atomic E-state index is 9.07. The van der Waals surface area contributed by atoms with E-state index in [1.54, 1.807) is 18.6 Å². The molecule has 0 spiro atoms. The van der Waals surface area contributed by atoms with Crippen molar-refractivity contribution in [2.75, 3.05) is 5.32 Å². The molecule has 0 aliphatic heterocycles. The molecular formula is C25H17N5. The van der Waals surface area contributed by atoms with Crippen molar-refractivity contribution in [3.63, 3.8) is 0 Å². The second kappa shape index (κ2) is 7.53. The molecule has 0 saturated carbocycles. The lowest BCUT2D eigenvalue weighted by molar-refractivity contribution is 1.21. The number of rotatable bonds is 4. The molecule has 142 valence electrons. The first kappa shape index (κ1) is 17.7. The first-order chi connectivity index (χ1) is 14.8. The van der Waals surface area contributed by atoms with Gasteiger partial charge in [0.05, 0.1) is 23.5 Å². The number of benzene rings is 3. The molecule has 0 aliphatic rings. The van der Waals surface area contributed by atoms with E-state index in [-0.39, 0.29) is 0 Å². The molecule has 3 aromatic carbocycles. The van der Waals surface area contributed by atoms with Gasteiger partial charge in [0.15, 0.2) is 0 Å². The van der Waals surface area contributed by atoms with Crippen LogP contribution in [0.5, 0.6) is 0 Å². The Morgan fingerprint density at radius 3 is 2.20 bits per heavy atom. The van der Waals surface area contributed by atoms with Crippen molar-refractivity contribution in [1.82, 2.24) is 15.0 Å². The van der Waals surface area contributed by atoms with E-state index < -0.39 is 0 Å². The van der Waals surface area contributed by atoms with Gasteiger partial charge in [0.25, 0.3) is 0 Å². The van der Waals surface area contributed by atoms with Crippen molar-refractivity contribution in [3.05, 3.63) is 97.0 Å². The molecule has 5 aromatic rings. The van der Waals surface area contributed by atoms with E-state index in [2.05, 4.69) is 56.7 Å². The van der Waals surface area contributed by atoms with Crippen molar-refractivity contribution >= 4 is 22.3 Å². The summed E-state index contributed by atoms with van der Waals surface area (Å²) in [6, 6.07) is 26.3. The van der Waals surface area contributed by atoms with E-state index in [4.69, 9.17) is 5.26 Å². The topological polar surface area (TPSA) is 77.4 Å². The lowest BCUT2D eigenvalue weighted by Crippen LogP contribution is -1.91. The van der Waals surface area contributed by atoms with Crippen LogP contribution in [0.15, 0.2) is 91.4 Å². The molecule has 0 radical (unpaired) electrons. The standard InChI is InChI=1S/C25H17N5/c26-15-17-1-2-20-14-24(30-23(20)13-17)18-3-7-21(8-4-18)29-22-9-5-19(6-10-22)25-16-27-11-12-28-25/h1-14,16,29-30H. The SMILES string of the molecule is N#Cc1ccc2cc(-c3ccc(Nc4ccc(-c5cnccn5)cc4)cc3)[nH]c2c1. The van der Waals surface area contributed by atoms with E-state index in [1.807, 2.05) is 42.5 Å². The second-order valence-corrected chi connectivity index (χ2v) is 6.97. The fraction of sp³-hybridized carbons (Fsp3) is 0. The highest BCUT2D eigenvalue weighted by Crippen LogP contribution is 2.27. The summed E-state index contributed by atoms with van der Waals surface area (Å²) in [7, 11) is 0. The number of anilines is 2. The molecule has 0 unspecified atom stereocenters. The van der Waals surface area contributed by atoms with E-state index in [9.17, 15) is 0 Å². The van der Waals surface area contributed by atoms with Crippen LogP contribution in [-0.2, 0) is 0 Å². The number of H-pyrrole nitrogens is 1. The summed E-state index contributed by atoms with van der Waals surface area (Å²) in [6.07, 6.45) is 5.12. The zero-order chi connectivity index (χ0) is 20.3. The zero-order valence-corrected chi connectivity index (χ0v) is 16.0. The van der Waals surface area contributed by atoms with Crippen LogP contribution in [0.4, 0.5) is 11.4 Å². The number of aromatic nitrogens is 3. The third-order valence-corrected chi connectivity index (χ3v) is 4.98. The van der Waals surface area contributed by atoms with E-state index >= 15 is 0 Å². The summed E-state index contributed by atoms with van der Waals surface area (Å²) in [4.78, 5) is 11.8. The molecule has 2 N–H and O–H groups in total. The molecule has 0 amide bonds. The summed E-state index contributed by atoms with van der Waals surface area (Å²) < 4.78 is 0. The Labute approximate surface area is 173 Å². The van der Waals surface area contributed by atoms with Crippen molar-refractivity contribution < 1.29 is 0 Å². The highest BCUT2D eigenvalue weighted by molar-refractivity contribution is 5.87. The molecule has 5 rings (SSSR count). The van der Waals surface area contributed by atoms with Crippen LogP contribution in [0.25, 0.3) is 33.4 Å². The Kier molecular flexibility index (Phi) is 4.43. The molecule has 0 aliphatic carbocycles. The summed E-state index contributed by atoms with van der Waals surface area (Å²) in [6.45, 7) is 0. The molecule has 0 fully saturated rings. The van der Waals surface area contributed by atoms with Gasteiger partial charge >= 0.3 is 0 Å². The lowest BCUT2D eigenvalue weighted by Gasteiger charge is -2.08. The van der Waals surface area contributed by atoms with Gasteiger partial charge in [-0.15, -0.1) is 0 Å². The number of hydrogen-bond acceptors (Lipinski definition) is 4. The number of aromatic amines is 1. The van der Waals surface area contributed by atoms with E-state index in [0.717, 1.165) is 44.8 Å². The fourth-order valence-corrected chi connectivity index (χ4v) is 3.42. The summed E-state index contributed by atoms with van der Waals surface area (Å²) >= 11 is 0. The van der Waals surface area contributed by atoms with Crippen molar-refractivity contribution in [2.45, 2.75) is 0 Å². The maximum Gasteiger partial charge on any atom is 0.0992 e. The number of hydrogen-bond donors (Lipinski definition) is 2. The zero-order valence-electron chi connectivity index (χ0n) is 16.0. The van der Waals surface area contributed by atoms with Crippen LogP contribution in [0.2, 0.25) is 0 Å². The second-order valence-electron chi connectivity index (χ2n) is 6.97. The predicted octanol–water partition coefficient (Wildman–Crippen LogP) is 5.91. The van der Waals surface area contributed by atoms with Gasteiger partial charge < -0.3 is 10.3 Å². The molecule has 0 bridgehead atoms.